The average molecular weight is 384 g/mol. The zero-order valence-corrected chi connectivity index (χ0v) is 16.0. The number of rotatable bonds is 5. The van der Waals surface area contributed by atoms with Gasteiger partial charge in [-0.2, -0.15) is 0 Å². The third-order valence-electron chi connectivity index (χ3n) is 4.41. The SMILES string of the molecule is Cc1oc(-c2cccs2)nc1CC(=O)N(C)C[C@@H]1COc2ccccc2O1. The lowest BCUT2D eigenvalue weighted by Crippen LogP contribution is -2.42. The minimum atomic E-state index is -0.200. The molecule has 140 valence electrons. The fourth-order valence-electron chi connectivity index (χ4n) is 2.94. The van der Waals surface area contributed by atoms with Crippen molar-refractivity contribution >= 4 is 17.2 Å². The lowest BCUT2D eigenvalue weighted by atomic mass is 10.2. The summed E-state index contributed by atoms with van der Waals surface area (Å²) >= 11 is 1.56. The molecule has 27 heavy (non-hydrogen) atoms. The number of aromatic nitrogens is 1. The normalized spacial score (nSPS) is 15.6. The van der Waals surface area contributed by atoms with Crippen LogP contribution in [0.4, 0.5) is 0 Å². The highest BCUT2D eigenvalue weighted by Gasteiger charge is 2.24. The number of nitrogens with zero attached hydrogens (tertiary/aromatic N) is 2. The molecule has 1 aromatic carbocycles. The van der Waals surface area contributed by atoms with Gasteiger partial charge in [-0.25, -0.2) is 4.98 Å². The number of benzene rings is 1. The number of para-hydroxylation sites is 2. The molecule has 3 aromatic rings. The Balaban J connectivity index is 1.37. The van der Waals surface area contributed by atoms with E-state index in [1.165, 1.54) is 0 Å². The van der Waals surface area contributed by atoms with Gasteiger partial charge in [-0.3, -0.25) is 4.79 Å². The molecule has 3 heterocycles. The molecule has 0 N–H and O–H groups in total. The Morgan fingerprint density at radius 1 is 1.26 bits per heavy atom. The van der Waals surface area contributed by atoms with E-state index in [-0.39, 0.29) is 18.4 Å². The van der Waals surface area contributed by atoms with E-state index in [0.717, 1.165) is 10.6 Å². The Labute approximate surface area is 161 Å². The third kappa shape index (κ3) is 3.83. The number of hydrogen-bond acceptors (Lipinski definition) is 6. The molecule has 1 aliphatic heterocycles. The number of carbonyl (C=O) groups is 1. The third-order valence-corrected chi connectivity index (χ3v) is 5.27. The molecule has 0 fully saturated rings. The van der Waals surface area contributed by atoms with E-state index >= 15 is 0 Å². The number of thiophene rings is 1. The number of oxazole rings is 1. The summed E-state index contributed by atoms with van der Waals surface area (Å²) in [6.45, 7) is 2.70. The molecule has 7 heteroatoms. The first-order chi connectivity index (χ1) is 13.1. The van der Waals surface area contributed by atoms with Gasteiger partial charge in [0.2, 0.25) is 11.8 Å². The highest BCUT2D eigenvalue weighted by Crippen LogP contribution is 2.31. The van der Waals surface area contributed by atoms with Crippen molar-refractivity contribution in [1.29, 1.82) is 0 Å². The minimum Gasteiger partial charge on any atom is -0.486 e. The van der Waals surface area contributed by atoms with E-state index < -0.39 is 0 Å². The lowest BCUT2D eigenvalue weighted by Gasteiger charge is -2.29. The Hall–Kier alpha value is -2.80. The standard InChI is InChI=1S/C20H20N2O4S/c1-13-15(21-20(25-13)18-8-5-9-27-18)10-19(23)22(2)11-14-12-24-16-6-3-4-7-17(16)26-14/h3-9,14H,10-12H2,1-2H3/t14-/m1/s1. The second kappa shape index (κ2) is 7.44. The van der Waals surface area contributed by atoms with Crippen molar-refractivity contribution in [3.8, 4) is 22.3 Å². The number of amides is 1. The average Bonchev–Trinajstić information content (AvgIpc) is 3.32. The quantitative estimate of drug-likeness (QED) is 0.673. The Morgan fingerprint density at radius 3 is 2.85 bits per heavy atom. The van der Waals surface area contributed by atoms with Crippen LogP contribution in [-0.2, 0) is 11.2 Å². The van der Waals surface area contributed by atoms with Crippen LogP contribution in [0.1, 0.15) is 11.5 Å². The smallest absolute Gasteiger partial charge is 0.236 e. The van der Waals surface area contributed by atoms with E-state index in [0.29, 0.717) is 36.2 Å². The molecule has 0 unspecified atom stereocenters. The molecule has 4 rings (SSSR count). The second-order valence-electron chi connectivity index (χ2n) is 6.45. The fraction of sp³-hybridized carbons (Fsp3) is 0.300. The number of fused-ring (bicyclic) bond motifs is 1. The molecule has 0 aliphatic carbocycles. The van der Waals surface area contributed by atoms with Crippen LogP contribution in [0, 0.1) is 6.92 Å². The fourth-order valence-corrected chi connectivity index (χ4v) is 3.59. The zero-order chi connectivity index (χ0) is 18.8. The van der Waals surface area contributed by atoms with Gasteiger partial charge in [-0.05, 0) is 30.5 Å². The van der Waals surface area contributed by atoms with Gasteiger partial charge in [0.25, 0.3) is 0 Å². The summed E-state index contributed by atoms with van der Waals surface area (Å²) in [5.41, 5.74) is 0.668. The first-order valence-corrected chi connectivity index (χ1v) is 9.61. The van der Waals surface area contributed by atoms with E-state index in [9.17, 15) is 4.79 Å². The predicted octanol–water partition coefficient (Wildman–Crippen LogP) is 3.55. The van der Waals surface area contributed by atoms with Crippen LogP contribution in [0.3, 0.4) is 0 Å². The summed E-state index contributed by atoms with van der Waals surface area (Å²) in [6.07, 6.45) is -0.00425. The first kappa shape index (κ1) is 17.6. The molecule has 0 radical (unpaired) electrons. The van der Waals surface area contributed by atoms with Crippen LogP contribution in [-0.4, -0.2) is 42.1 Å². The largest absolute Gasteiger partial charge is 0.486 e. The van der Waals surface area contributed by atoms with Crippen molar-refractivity contribution in [2.75, 3.05) is 20.2 Å². The van der Waals surface area contributed by atoms with Gasteiger partial charge in [0.15, 0.2) is 17.6 Å². The number of hydrogen-bond donors (Lipinski definition) is 0. The number of ether oxygens (including phenoxy) is 2. The summed E-state index contributed by atoms with van der Waals surface area (Å²) in [4.78, 5) is 19.7. The van der Waals surface area contributed by atoms with Gasteiger partial charge < -0.3 is 18.8 Å². The Kier molecular flexibility index (Phi) is 4.85. The molecule has 6 nitrogen and oxygen atoms in total. The van der Waals surface area contributed by atoms with Gasteiger partial charge >= 0.3 is 0 Å². The summed E-state index contributed by atoms with van der Waals surface area (Å²) in [6, 6.07) is 11.4. The molecule has 0 bridgehead atoms. The number of aryl methyl sites for hydroxylation is 1. The van der Waals surface area contributed by atoms with Crippen LogP contribution in [0.5, 0.6) is 11.5 Å². The van der Waals surface area contributed by atoms with Crippen LogP contribution in [0.25, 0.3) is 10.8 Å². The van der Waals surface area contributed by atoms with E-state index in [1.54, 1.807) is 23.3 Å². The van der Waals surface area contributed by atoms with Crippen molar-refractivity contribution in [3.05, 3.63) is 53.2 Å². The van der Waals surface area contributed by atoms with Crippen LogP contribution in [0.2, 0.25) is 0 Å². The summed E-state index contributed by atoms with van der Waals surface area (Å²) in [5, 5.41) is 1.97. The predicted molar refractivity (Wildman–Crippen MR) is 102 cm³/mol. The van der Waals surface area contributed by atoms with Crippen LogP contribution < -0.4 is 9.47 Å². The molecule has 1 atom stereocenters. The highest BCUT2D eigenvalue weighted by molar-refractivity contribution is 7.13. The molecule has 0 spiro atoms. The summed E-state index contributed by atoms with van der Waals surface area (Å²) in [7, 11) is 1.77. The molecule has 0 saturated carbocycles. The van der Waals surface area contributed by atoms with Crippen molar-refractivity contribution in [3.63, 3.8) is 0 Å². The molecule has 0 saturated heterocycles. The maximum atomic E-state index is 12.6. The van der Waals surface area contributed by atoms with Crippen LogP contribution in [0.15, 0.2) is 46.2 Å². The van der Waals surface area contributed by atoms with Gasteiger partial charge in [-0.1, -0.05) is 18.2 Å². The first-order valence-electron chi connectivity index (χ1n) is 8.73. The van der Waals surface area contributed by atoms with Crippen LogP contribution >= 0.6 is 11.3 Å². The van der Waals surface area contributed by atoms with Gasteiger partial charge in [0.05, 0.1) is 23.5 Å². The van der Waals surface area contributed by atoms with Crippen molar-refractivity contribution in [2.24, 2.45) is 0 Å². The molecule has 1 amide bonds. The van der Waals surface area contributed by atoms with E-state index in [4.69, 9.17) is 13.9 Å². The highest BCUT2D eigenvalue weighted by atomic mass is 32.1. The topological polar surface area (TPSA) is 64.8 Å². The van der Waals surface area contributed by atoms with Gasteiger partial charge in [-0.15, -0.1) is 11.3 Å². The number of carbonyl (C=O) groups excluding carboxylic acids is 1. The second-order valence-corrected chi connectivity index (χ2v) is 7.40. The zero-order valence-electron chi connectivity index (χ0n) is 15.2. The monoisotopic (exact) mass is 384 g/mol. The van der Waals surface area contributed by atoms with Gasteiger partial charge in [0, 0.05) is 7.05 Å². The van der Waals surface area contributed by atoms with E-state index in [2.05, 4.69) is 4.98 Å². The Morgan fingerprint density at radius 2 is 2.07 bits per heavy atom. The van der Waals surface area contributed by atoms with Crippen molar-refractivity contribution in [1.82, 2.24) is 9.88 Å². The summed E-state index contributed by atoms with van der Waals surface area (Å²) < 4.78 is 17.4. The number of likely N-dealkylation sites (N-methyl/N-ethyl adjacent to an activating group) is 1. The van der Waals surface area contributed by atoms with Crippen molar-refractivity contribution in [2.45, 2.75) is 19.4 Å². The maximum Gasteiger partial charge on any atom is 0.236 e. The lowest BCUT2D eigenvalue weighted by molar-refractivity contribution is -0.130. The van der Waals surface area contributed by atoms with Crippen molar-refractivity contribution < 1.29 is 18.7 Å². The Bertz CT molecular complexity index is 935. The molecule has 1 aliphatic rings. The molecular formula is C20H20N2O4S. The summed E-state index contributed by atoms with van der Waals surface area (Å²) in [5.74, 6) is 2.65. The molecule has 2 aromatic heterocycles. The maximum absolute atomic E-state index is 12.6. The van der Waals surface area contributed by atoms with Gasteiger partial charge in [0.1, 0.15) is 12.4 Å². The minimum absolute atomic E-state index is 0.0356. The van der Waals surface area contributed by atoms with E-state index in [1.807, 2.05) is 48.7 Å². The molecular weight excluding hydrogens is 364 g/mol.